The Morgan fingerprint density at radius 3 is 3.04 bits per heavy atom. The molecule has 0 bridgehead atoms. The van der Waals surface area contributed by atoms with Crippen LogP contribution >= 0.6 is 0 Å². The number of methoxy groups -OCH3 is 1. The van der Waals surface area contributed by atoms with Gasteiger partial charge in [0.15, 0.2) is 0 Å². The van der Waals surface area contributed by atoms with Crippen molar-refractivity contribution in [2.75, 3.05) is 30.8 Å². The molecule has 0 radical (unpaired) electrons. The van der Waals surface area contributed by atoms with Gasteiger partial charge in [-0.25, -0.2) is 9.78 Å². The van der Waals surface area contributed by atoms with Crippen molar-refractivity contribution in [2.24, 2.45) is 7.05 Å². The van der Waals surface area contributed by atoms with Crippen molar-refractivity contribution >= 4 is 28.5 Å². The molecule has 0 spiro atoms. The molecule has 8 heteroatoms. The predicted octanol–water partition coefficient (Wildman–Crippen LogP) is 1.15. The normalized spacial score (nSPS) is 17.8. The molecular formula is C15H21N5O3. The van der Waals surface area contributed by atoms with Crippen LogP contribution in [0.3, 0.4) is 0 Å². The van der Waals surface area contributed by atoms with E-state index < -0.39 is 6.09 Å². The maximum absolute atomic E-state index is 10.8. The third-order valence-corrected chi connectivity index (χ3v) is 4.26. The number of imidazole rings is 1. The van der Waals surface area contributed by atoms with Gasteiger partial charge in [-0.15, -0.1) is 0 Å². The summed E-state index contributed by atoms with van der Waals surface area (Å²) in [5.74, 6) is 0.828. The molecule has 124 valence electrons. The Bertz CT molecular complexity index is 742. The summed E-state index contributed by atoms with van der Waals surface area (Å²) in [5, 5.41) is 11.4. The lowest BCUT2D eigenvalue weighted by atomic mass is 10.2. The van der Waals surface area contributed by atoms with Gasteiger partial charge in [-0.2, -0.15) is 0 Å². The number of nitrogens with zero attached hydrogens (tertiary/aromatic N) is 3. The molecule has 1 unspecified atom stereocenters. The molecule has 0 saturated carbocycles. The first-order valence-corrected chi connectivity index (χ1v) is 7.48. The number of amides is 1. The van der Waals surface area contributed by atoms with Gasteiger partial charge in [0.1, 0.15) is 17.9 Å². The van der Waals surface area contributed by atoms with Crippen LogP contribution in [-0.2, 0) is 18.4 Å². The maximum atomic E-state index is 10.8. The van der Waals surface area contributed by atoms with Gasteiger partial charge < -0.3 is 30.4 Å². The zero-order chi connectivity index (χ0) is 16.6. The SMILES string of the molecule is COCc1nc2c(N3CCC(NC(=O)O)C3)c(N)ccc2n1C. The van der Waals surface area contributed by atoms with E-state index in [1.807, 2.05) is 23.7 Å². The Morgan fingerprint density at radius 1 is 1.57 bits per heavy atom. The molecule has 1 saturated heterocycles. The zero-order valence-corrected chi connectivity index (χ0v) is 13.2. The number of rotatable bonds is 4. The fourth-order valence-corrected chi connectivity index (χ4v) is 3.15. The van der Waals surface area contributed by atoms with E-state index in [1.165, 1.54) is 0 Å². The molecule has 1 aliphatic rings. The number of anilines is 2. The van der Waals surface area contributed by atoms with Crippen molar-refractivity contribution in [3.8, 4) is 0 Å². The summed E-state index contributed by atoms with van der Waals surface area (Å²) in [6.45, 7) is 1.75. The number of ether oxygens (including phenoxy) is 1. The van der Waals surface area contributed by atoms with Gasteiger partial charge in [0.2, 0.25) is 0 Å². The Kier molecular flexibility index (Phi) is 3.99. The second-order valence-corrected chi connectivity index (χ2v) is 5.77. The summed E-state index contributed by atoms with van der Waals surface area (Å²) >= 11 is 0. The van der Waals surface area contributed by atoms with Crippen LogP contribution in [0.15, 0.2) is 12.1 Å². The molecule has 1 aliphatic heterocycles. The number of carbonyl (C=O) groups is 1. The van der Waals surface area contributed by atoms with E-state index in [1.54, 1.807) is 7.11 Å². The molecule has 1 fully saturated rings. The first-order chi connectivity index (χ1) is 11.0. The summed E-state index contributed by atoms with van der Waals surface area (Å²) in [7, 11) is 3.58. The molecule has 8 nitrogen and oxygen atoms in total. The highest BCUT2D eigenvalue weighted by molar-refractivity contribution is 5.96. The predicted molar refractivity (Wildman–Crippen MR) is 87.6 cm³/mol. The molecule has 1 aromatic heterocycles. The number of hydrogen-bond donors (Lipinski definition) is 3. The van der Waals surface area contributed by atoms with Crippen LogP contribution < -0.4 is 16.0 Å². The fourth-order valence-electron chi connectivity index (χ4n) is 3.15. The molecule has 2 heterocycles. The highest BCUT2D eigenvalue weighted by atomic mass is 16.5. The van der Waals surface area contributed by atoms with Crippen LogP contribution in [-0.4, -0.2) is 47.0 Å². The first-order valence-electron chi connectivity index (χ1n) is 7.48. The number of nitrogens with one attached hydrogen (secondary N) is 1. The van der Waals surface area contributed by atoms with Crippen LogP contribution in [0.2, 0.25) is 0 Å². The second-order valence-electron chi connectivity index (χ2n) is 5.77. The van der Waals surface area contributed by atoms with Crippen LogP contribution in [0.4, 0.5) is 16.2 Å². The van der Waals surface area contributed by atoms with Gasteiger partial charge in [-0.3, -0.25) is 0 Å². The van der Waals surface area contributed by atoms with Gasteiger partial charge in [0, 0.05) is 27.2 Å². The summed E-state index contributed by atoms with van der Waals surface area (Å²) in [4.78, 5) is 17.6. The molecule has 23 heavy (non-hydrogen) atoms. The van der Waals surface area contributed by atoms with Gasteiger partial charge in [-0.1, -0.05) is 0 Å². The number of aromatic nitrogens is 2. The van der Waals surface area contributed by atoms with E-state index in [4.69, 9.17) is 15.6 Å². The molecule has 0 aliphatic carbocycles. The van der Waals surface area contributed by atoms with E-state index in [9.17, 15) is 4.79 Å². The minimum atomic E-state index is -0.997. The summed E-state index contributed by atoms with van der Waals surface area (Å²) < 4.78 is 7.18. The largest absolute Gasteiger partial charge is 0.465 e. The number of benzene rings is 1. The number of aryl methyl sites for hydroxylation is 1. The van der Waals surface area contributed by atoms with Crippen LogP contribution in [0.1, 0.15) is 12.2 Å². The molecule has 3 rings (SSSR count). The maximum Gasteiger partial charge on any atom is 0.404 e. The average Bonchev–Trinajstić information content (AvgIpc) is 3.05. The number of nitrogen functional groups attached to an aromatic ring is 1. The quantitative estimate of drug-likeness (QED) is 0.730. The van der Waals surface area contributed by atoms with Crippen LogP contribution in [0.25, 0.3) is 11.0 Å². The Labute approximate surface area is 133 Å². The monoisotopic (exact) mass is 319 g/mol. The van der Waals surface area contributed by atoms with E-state index in [0.717, 1.165) is 35.5 Å². The highest BCUT2D eigenvalue weighted by Crippen LogP contribution is 2.34. The highest BCUT2D eigenvalue weighted by Gasteiger charge is 2.27. The van der Waals surface area contributed by atoms with E-state index in [0.29, 0.717) is 18.8 Å². The lowest BCUT2D eigenvalue weighted by Crippen LogP contribution is -2.36. The minimum Gasteiger partial charge on any atom is -0.465 e. The summed E-state index contributed by atoms with van der Waals surface area (Å²) in [6.07, 6.45) is -0.247. The fraction of sp³-hybridized carbons (Fsp3) is 0.467. The molecule has 1 aromatic carbocycles. The Hall–Kier alpha value is -2.48. The standard InChI is InChI=1S/C15H21N5O3/c1-19-11-4-3-10(16)14(13(11)18-12(19)8-23-2)20-6-5-9(7-20)17-15(21)22/h3-4,9,17H,5-8,16H2,1-2H3,(H,21,22). The van der Waals surface area contributed by atoms with Crippen LogP contribution in [0, 0.1) is 0 Å². The smallest absolute Gasteiger partial charge is 0.404 e. The topological polar surface area (TPSA) is 106 Å². The average molecular weight is 319 g/mol. The first kappa shape index (κ1) is 15.4. The lowest BCUT2D eigenvalue weighted by molar-refractivity contribution is 0.176. The van der Waals surface area contributed by atoms with E-state index in [-0.39, 0.29) is 6.04 Å². The molecular weight excluding hydrogens is 298 g/mol. The van der Waals surface area contributed by atoms with Gasteiger partial charge in [0.25, 0.3) is 0 Å². The van der Waals surface area contributed by atoms with Gasteiger partial charge in [0.05, 0.1) is 22.9 Å². The van der Waals surface area contributed by atoms with Crippen molar-refractivity contribution in [3.63, 3.8) is 0 Å². The molecule has 2 aromatic rings. The number of nitrogens with two attached hydrogens (primary N) is 1. The molecule has 4 N–H and O–H groups in total. The van der Waals surface area contributed by atoms with Crippen molar-refractivity contribution in [1.82, 2.24) is 14.9 Å². The Balaban J connectivity index is 1.98. The van der Waals surface area contributed by atoms with Crippen molar-refractivity contribution in [1.29, 1.82) is 0 Å². The van der Waals surface area contributed by atoms with E-state index >= 15 is 0 Å². The number of carboxylic acid groups (broad SMARTS) is 1. The third-order valence-electron chi connectivity index (χ3n) is 4.26. The van der Waals surface area contributed by atoms with Crippen LogP contribution in [0.5, 0.6) is 0 Å². The van der Waals surface area contributed by atoms with Gasteiger partial charge >= 0.3 is 6.09 Å². The third kappa shape index (κ3) is 2.77. The Morgan fingerprint density at radius 2 is 2.35 bits per heavy atom. The molecule has 1 amide bonds. The second kappa shape index (κ2) is 5.96. The van der Waals surface area contributed by atoms with Crippen molar-refractivity contribution in [2.45, 2.75) is 19.1 Å². The van der Waals surface area contributed by atoms with E-state index in [2.05, 4.69) is 15.2 Å². The van der Waals surface area contributed by atoms with Gasteiger partial charge in [-0.05, 0) is 18.6 Å². The molecule has 1 atom stereocenters. The number of fused-ring (bicyclic) bond motifs is 1. The van der Waals surface area contributed by atoms with Crippen molar-refractivity contribution < 1.29 is 14.6 Å². The summed E-state index contributed by atoms with van der Waals surface area (Å²) in [5.41, 5.74) is 9.52. The minimum absolute atomic E-state index is 0.0932. The zero-order valence-electron chi connectivity index (χ0n) is 13.2. The lowest BCUT2D eigenvalue weighted by Gasteiger charge is -2.21. The summed E-state index contributed by atoms with van der Waals surface area (Å²) in [6, 6.07) is 3.72. The number of hydrogen-bond acceptors (Lipinski definition) is 5. The van der Waals surface area contributed by atoms with Crippen molar-refractivity contribution in [3.05, 3.63) is 18.0 Å².